The Morgan fingerprint density at radius 2 is 1.94 bits per heavy atom. The molecule has 2 N–H and O–H groups in total. The zero-order chi connectivity index (χ0) is 12.6. The first-order valence-corrected chi connectivity index (χ1v) is 5.21. The van der Waals surface area contributed by atoms with Gasteiger partial charge < -0.3 is 19.9 Å². The molecular formula is C10H19NO5. The smallest absolute Gasteiger partial charge is 0.325 e. The molecule has 2 unspecified atom stereocenters. The Morgan fingerprint density at radius 1 is 1.31 bits per heavy atom. The number of hydrogen-bond donors (Lipinski definition) is 2. The van der Waals surface area contributed by atoms with Crippen molar-refractivity contribution in [2.45, 2.75) is 32.9 Å². The van der Waals surface area contributed by atoms with Gasteiger partial charge >= 0.3 is 5.97 Å². The van der Waals surface area contributed by atoms with Crippen molar-refractivity contribution in [1.82, 2.24) is 5.32 Å². The number of carbonyl (C=O) groups excluding carboxylic acids is 1. The predicted molar refractivity (Wildman–Crippen MR) is 57.1 cm³/mol. The standard InChI is InChI=1S/C10H19NO5/c1-4-15-5-6-16-8(3)9(12)11-7(2)10(13)14/h7-8H,4-6H2,1-3H3,(H,11,12)(H,13,14). The summed E-state index contributed by atoms with van der Waals surface area (Å²) >= 11 is 0. The molecule has 0 bridgehead atoms. The number of carboxylic acid groups (broad SMARTS) is 1. The zero-order valence-electron chi connectivity index (χ0n) is 9.86. The van der Waals surface area contributed by atoms with E-state index in [9.17, 15) is 9.59 Å². The third kappa shape index (κ3) is 6.36. The Bertz CT molecular complexity index is 231. The lowest BCUT2D eigenvalue weighted by Gasteiger charge is -2.15. The molecule has 1 amide bonds. The summed E-state index contributed by atoms with van der Waals surface area (Å²) in [5.41, 5.74) is 0. The van der Waals surface area contributed by atoms with Gasteiger partial charge in [0.25, 0.3) is 0 Å². The summed E-state index contributed by atoms with van der Waals surface area (Å²) in [7, 11) is 0. The highest BCUT2D eigenvalue weighted by atomic mass is 16.5. The van der Waals surface area contributed by atoms with Crippen molar-refractivity contribution in [1.29, 1.82) is 0 Å². The third-order valence-corrected chi connectivity index (χ3v) is 1.90. The highest BCUT2D eigenvalue weighted by Crippen LogP contribution is 1.93. The fourth-order valence-electron chi connectivity index (χ4n) is 0.896. The van der Waals surface area contributed by atoms with Crippen LogP contribution in [0, 0.1) is 0 Å². The molecule has 0 aromatic carbocycles. The van der Waals surface area contributed by atoms with E-state index in [1.165, 1.54) is 6.92 Å². The highest BCUT2D eigenvalue weighted by Gasteiger charge is 2.18. The molecule has 0 heterocycles. The Balaban J connectivity index is 3.77. The maximum atomic E-state index is 11.4. The van der Waals surface area contributed by atoms with Crippen LogP contribution in [-0.2, 0) is 19.1 Å². The second-order valence-electron chi connectivity index (χ2n) is 3.28. The number of rotatable bonds is 8. The van der Waals surface area contributed by atoms with Crippen LogP contribution in [0.15, 0.2) is 0 Å². The van der Waals surface area contributed by atoms with Crippen LogP contribution in [-0.4, -0.2) is 48.9 Å². The van der Waals surface area contributed by atoms with Crippen molar-refractivity contribution in [3.63, 3.8) is 0 Å². The predicted octanol–water partition coefficient (Wildman–Crippen LogP) is 0.0173. The van der Waals surface area contributed by atoms with Crippen LogP contribution in [0.5, 0.6) is 0 Å². The fraction of sp³-hybridized carbons (Fsp3) is 0.800. The lowest BCUT2D eigenvalue weighted by atomic mass is 10.3. The van der Waals surface area contributed by atoms with Crippen molar-refractivity contribution in [3.8, 4) is 0 Å². The molecule has 0 radical (unpaired) electrons. The Labute approximate surface area is 94.9 Å². The molecule has 16 heavy (non-hydrogen) atoms. The molecule has 0 aliphatic heterocycles. The first-order chi connectivity index (χ1) is 7.49. The maximum Gasteiger partial charge on any atom is 0.325 e. The van der Waals surface area contributed by atoms with Crippen LogP contribution >= 0.6 is 0 Å². The second-order valence-corrected chi connectivity index (χ2v) is 3.28. The van der Waals surface area contributed by atoms with Crippen LogP contribution in [0.1, 0.15) is 20.8 Å². The minimum Gasteiger partial charge on any atom is -0.480 e. The highest BCUT2D eigenvalue weighted by molar-refractivity contribution is 5.85. The van der Waals surface area contributed by atoms with Crippen LogP contribution in [0.4, 0.5) is 0 Å². The second kappa shape index (κ2) is 8.06. The lowest BCUT2D eigenvalue weighted by Crippen LogP contribution is -2.43. The number of carbonyl (C=O) groups is 2. The summed E-state index contributed by atoms with van der Waals surface area (Å²) in [6.45, 7) is 6.15. The number of nitrogens with one attached hydrogen (secondary N) is 1. The van der Waals surface area contributed by atoms with E-state index >= 15 is 0 Å². The number of carboxylic acids is 1. The van der Waals surface area contributed by atoms with Crippen molar-refractivity contribution in [2.75, 3.05) is 19.8 Å². The molecule has 94 valence electrons. The molecule has 0 spiro atoms. The van der Waals surface area contributed by atoms with Crippen molar-refractivity contribution >= 4 is 11.9 Å². The van der Waals surface area contributed by atoms with Crippen LogP contribution < -0.4 is 5.32 Å². The van der Waals surface area contributed by atoms with Gasteiger partial charge in [-0.1, -0.05) is 0 Å². The van der Waals surface area contributed by atoms with E-state index in [0.717, 1.165) is 0 Å². The quantitative estimate of drug-likeness (QED) is 0.577. The maximum absolute atomic E-state index is 11.4. The molecule has 0 saturated heterocycles. The average molecular weight is 233 g/mol. The molecule has 0 rings (SSSR count). The van der Waals surface area contributed by atoms with Gasteiger partial charge in [-0.15, -0.1) is 0 Å². The molecule has 0 aliphatic carbocycles. The molecule has 2 atom stereocenters. The van der Waals surface area contributed by atoms with E-state index in [-0.39, 0.29) is 0 Å². The van der Waals surface area contributed by atoms with Crippen molar-refractivity contribution < 1.29 is 24.2 Å². The van der Waals surface area contributed by atoms with Gasteiger partial charge in [-0.05, 0) is 20.8 Å². The lowest BCUT2D eigenvalue weighted by molar-refractivity contribution is -0.143. The van der Waals surface area contributed by atoms with Crippen LogP contribution in [0.25, 0.3) is 0 Å². The molecule has 0 aromatic heterocycles. The van der Waals surface area contributed by atoms with Gasteiger partial charge in [0.05, 0.1) is 13.2 Å². The van der Waals surface area contributed by atoms with Gasteiger partial charge in [-0.25, -0.2) is 0 Å². The van der Waals surface area contributed by atoms with E-state index < -0.39 is 24.0 Å². The molecule has 0 saturated carbocycles. The van der Waals surface area contributed by atoms with Gasteiger partial charge in [0, 0.05) is 6.61 Å². The van der Waals surface area contributed by atoms with Gasteiger partial charge in [-0.3, -0.25) is 9.59 Å². The van der Waals surface area contributed by atoms with E-state index in [4.69, 9.17) is 14.6 Å². The van der Waals surface area contributed by atoms with Crippen LogP contribution in [0.3, 0.4) is 0 Å². The van der Waals surface area contributed by atoms with Gasteiger partial charge in [0.15, 0.2) is 0 Å². The third-order valence-electron chi connectivity index (χ3n) is 1.90. The van der Waals surface area contributed by atoms with E-state index in [1.807, 2.05) is 6.92 Å². The molecule has 6 heteroatoms. The first-order valence-electron chi connectivity index (χ1n) is 5.21. The fourth-order valence-corrected chi connectivity index (χ4v) is 0.896. The minimum atomic E-state index is -1.07. The Kier molecular flexibility index (Phi) is 7.49. The van der Waals surface area contributed by atoms with Gasteiger partial charge in [0.1, 0.15) is 12.1 Å². The number of amides is 1. The summed E-state index contributed by atoms with van der Waals surface area (Å²) in [6, 6.07) is -0.912. The summed E-state index contributed by atoms with van der Waals surface area (Å²) in [4.78, 5) is 21.9. The monoisotopic (exact) mass is 233 g/mol. The summed E-state index contributed by atoms with van der Waals surface area (Å²) in [5, 5.41) is 10.9. The molecule has 6 nitrogen and oxygen atoms in total. The summed E-state index contributed by atoms with van der Waals surface area (Å²) < 4.78 is 10.2. The van der Waals surface area contributed by atoms with Crippen molar-refractivity contribution in [2.24, 2.45) is 0 Å². The number of hydrogen-bond acceptors (Lipinski definition) is 4. The number of aliphatic carboxylic acids is 1. The molecular weight excluding hydrogens is 214 g/mol. The normalized spacial score (nSPS) is 14.2. The first kappa shape index (κ1) is 14.9. The van der Waals surface area contributed by atoms with E-state index in [1.54, 1.807) is 6.92 Å². The van der Waals surface area contributed by atoms with Crippen molar-refractivity contribution in [3.05, 3.63) is 0 Å². The topological polar surface area (TPSA) is 84.9 Å². The van der Waals surface area contributed by atoms with E-state index in [0.29, 0.717) is 19.8 Å². The van der Waals surface area contributed by atoms with Crippen LogP contribution in [0.2, 0.25) is 0 Å². The summed E-state index contributed by atoms with van der Waals surface area (Å²) in [5.74, 6) is -1.51. The largest absolute Gasteiger partial charge is 0.480 e. The molecule has 0 aromatic rings. The minimum absolute atomic E-state index is 0.309. The SMILES string of the molecule is CCOCCOC(C)C(=O)NC(C)C(=O)O. The Morgan fingerprint density at radius 3 is 2.44 bits per heavy atom. The zero-order valence-corrected chi connectivity index (χ0v) is 9.86. The van der Waals surface area contributed by atoms with Gasteiger partial charge in [-0.2, -0.15) is 0 Å². The number of ether oxygens (including phenoxy) is 2. The summed E-state index contributed by atoms with van der Waals surface area (Å²) in [6.07, 6.45) is -0.678. The van der Waals surface area contributed by atoms with E-state index in [2.05, 4.69) is 5.32 Å². The Hall–Kier alpha value is -1.14. The molecule has 0 aliphatic rings. The average Bonchev–Trinajstić information content (AvgIpc) is 2.23. The van der Waals surface area contributed by atoms with Gasteiger partial charge in [0.2, 0.25) is 5.91 Å². The molecule has 0 fully saturated rings.